The Labute approximate surface area is 134 Å². The standard InChI is InChI=1S/C19H16FNO2/c20-17-8-10-18(11-9-17)23-19-16(7-4-12-21-19)14-22-13-15-5-2-1-3-6-15/h1-12H,13-14H2. The van der Waals surface area contributed by atoms with E-state index in [2.05, 4.69) is 4.98 Å². The summed E-state index contributed by atoms with van der Waals surface area (Å²) < 4.78 is 24.4. The van der Waals surface area contributed by atoms with E-state index in [1.807, 2.05) is 42.5 Å². The van der Waals surface area contributed by atoms with Crippen LogP contribution in [-0.4, -0.2) is 4.98 Å². The molecule has 1 aromatic heterocycles. The second-order valence-corrected chi connectivity index (χ2v) is 5.00. The van der Waals surface area contributed by atoms with Crippen LogP contribution in [0.3, 0.4) is 0 Å². The lowest BCUT2D eigenvalue weighted by molar-refractivity contribution is 0.105. The van der Waals surface area contributed by atoms with Gasteiger partial charge >= 0.3 is 0 Å². The van der Waals surface area contributed by atoms with Crippen molar-refractivity contribution in [3.05, 3.63) is 89.9 Å². The molecule has 3 aromatic rings. The molecule has 0 saturated heterocycles. The highest BCUT2D eigenvalue weighted by atomic mass is 19.1. The maximum atomic E-state index is 12.9. The lowest BCUT2D eigenvalue weighted by Gasteiger charge is -2.10. The predicted octanol–water partition coefficient (Wildman–Crippen LogP) is 4.73. The first kappa shape index (κ1) is 15.2. The van der Waals surface area contributed by atoms with Crippen LogP contribution >= 0.6 is 0 Å². The number of hydrogen-bond acceptors (Lipinski definition) is 3. The van der Waals surface area contributed by atoms with E-state index in [1.165, 1.54) is 12.1 Å². The molecule has 0 aliphatic carbocycles. The van der Waals surface area contributed by atoms with E-state index in [1.54, 1.807) is 18.3 Å². The molecule has 0 bridgehead atoms. The Morgan fingerprint density at radius 2 is 1.61 bits per heavy atom. The van der Waals surface area contributed by atoms with Crippen molar-refractivity contribution in [3.63, 3.8) is 0 Å². The van der Waals surface area contributed by atoms with Crippen LogP contribution in [0.2, 0.25) is 0 Å². The highest BCUT2D eigenvalue weighted by molar-refractivity contribution is 5.32. The van der Waals surface area contributed by atoms with E-state index in [9.17, 15) is 4.39 Å². The quantitative estimate of drug-likeness (QED) is 0.659. The highest BCUT2D eigenvalue weighted by Crippen LogP contribution is 2.23. The minimum absolute atomic E-state index is 0.301. The lowest BCUT2D eigenvalue weighted by atomic mass is 10.2. The molecule has 0 atom stereocenters. The first-order valence-corrected chi connectivity index (χ1v) is 7.30. The zero-order chi connectivity index (χ0) is 15.9. The third-order valence-corrected chi connectivity index (χ3v) is 3.25. The van der Waals surface area contributed by atoms with Crippen LogP contribution in [0.1, 0.15) is 11.1 Å². The summed E-state index contributed by atoms with van der Waals surface area (Å²) in [6.07, 6.45) is 1.65. The predicted molar refractivity (Wildman–Crippen MR) is 85.6 cm³/mol. The Kier molecular flexibility index (Phi) is 4.96. The number of nitrogens with zero attached hydrogens (tertiary/aromatic N) is 1. The molecular formula is C19H16FNO2. The summed E-state index contributed by atoms with van der Waals surface area (Å²) in [5.74, 6) is 0.700. The number of hydrogen-bond donors (Lipinski definition) is 0. The molecule has 0 aliphatic heterocycles. The number of pyridine rings is 1. The van der Waals surface area contributed by atoms with Gasteiger partial charge in [-0.05, 0) is 42.0 Å². The van der Waals surface area contributed by atoms with Gasteiger partial charge in [-0.1, -0.05) is 30.3 Å². The molecule has 3 rings (SSSR count). The summed E-state index contributed by atoms with van der Waals surface area (Å²) in [4.78, 5) is 4.23. The molecule has 0 amide bonds. The van der Waals surface area contributed by atoms with Crippen LogP contribution in [0.25, 0.3) is 0 Å². The Bertz CT molecular complexity index is 745. The monoisotopic (exact) mass is 309 g/mol. The molecule has 0 aliphatic rings. The number of rotatable bonds is 6. The molecule has 0 saturated carbocycles. The smallest absolute Gasteiger partial charge is 0.224 e. The minimum Gasteiger partial charge on any atom is -0.439 e. The summed E-state index contributed by atoms with van der Waals surface area (Å²) in [7, 11) is 0. The Balaban J connectivity index is 1.64. The maximum Gasteiger partial charge on any atom is 0.224 e. The summed E-state index contributed by atoms with van der Waals surface area (Å²) in [5, 5.41) is 0. The largest absolute Gasteiger partial charge is 0.439 e. The molecule has 0 radical (unpaired) electrons. The fourth-order valence-corrected chi connectivity index (χ4v) is 2.09. The van der Waals surface area contributed by atoms with Gasteiger partial charge < -0.3 is 9.47 Å². The summed E-state index contributed by atoms with van der Waals surface area (Å²) in [6.45, 7) is 0.908. The van der Waals surface area contributed by atoms with Crippen LogP contribution in [0.5, 0.6) is 11.6 Å². The van der Waals surface area contributed by atoms with E-state index >= 15 is 0 Å². The molecule has 116 valence electrons. The van der Waals surface area contributed by atoms with E-state index in [0.29, 0.717) is 24.8 Å². The van der Waals surface area contributed by atoms with Crippen molar-refractivity contribution in [1.82, 2.24) is 4.98 Å². The van der Waals surface area contributed by atoms with Crippen molar-refractivity contribution >= 4 is 0 Å². The zero-order valence-electron chi connectivity index (χ0n) is 12.5. The van der Waals surface area contributed by atoms with E-state index in [0.717, 1.165) is 11.1 Å². The second-order valence-electron chi connectivity index (χ2n) is 5.00. The Morgan fingerprint density at radius 3 is 2.39 bits per heavy atom. The van der Waals surface area contributed by atoms with Crippen LogP contribution in [-0.2, 0) is 18.0 Å². The number of halogens is 1. The second kappa shape index (κ2) is 7.51. The number of aromatic nitrogens is 1. The molecule has 0 unspecified atom stereocenters. The topological polar surface area (TPSA) is 31.4 Å². The highest BCUT2D eigenvalue weighted by Gasteiger charge is 2.07. The Hall–Kier alpha value is -2.72. The third kappa shape index (κ3) is 4.37. The molecule has 0 N–H and O–H groups in total. The van der Waals surface area contributed by atoms with Crippen LogP contribution in [0, 0.1) is 5.82 Å². The SMILES string of the molecule is Fc1ccc(Oc2ncccc2COCc2ccccc2)cc1. The van der Waals surface area contributed by atoms with Crippen LogP contribution in [0.4, 0.5) is 4.39 Å². The third-order valence-electron chi connectivity index (χ3n) is 3.25. The van der Waals surface area contributed by atoms with Crippen LogP contribution < -0.4 is 4.74 Å². The average Bonchev–Trinajstić information content (AvgIpc) is 2.59. The molecule has 4 heteroatoms. The van der Waals surface area contributed by atoms with Crippen molar-refractivity contribution < 1.29 is 13.9 Å². The van der Waals surface area contributed by atoms with Gasteiger partial charge in [0.25, 0.3) is 0 Å². The number of benzene rings is 2. The summed E-state index contributed by atoms with van der Waals surface area (Å²) in [5.41, 5.74) is 1.95. The van der Waals surface area contributed by atoms with Gasteiger partial charge in [0.2, 0.25) is 5.88 Å². The molecular weight excluding hydrogens is 293 g/mol. The fraction of sp³-hybridized carbons (Fsp3) is 0.105. The van der Waals surface area contributed by atoms with E-state index < -0.39 is 0 Å². The molecule has 0 fully saturated rings. The zero-order valence-corrected chi connectivity index (χ0v) is 12.5. The molecule has 2 aromatic carbocycles. The van der Waals surface area contributed by atoms with Gasteiger partial charge in [0.05, 0.1) is 13.2 Å². The van der Waals surface area contributed by atoms with Gasteiger partial charge in [-0.3, -0.25) is 0 Å². The summed E-state index contributed by atoms with van der Waals surface area (Å²) in [6, 6.07) is 19.5. The molecule has 3 nitrogen and oxygen atoms in total. The summed E-state index contributed by atoms with van der Waals surface area (Å²) >= 11 is 0. The van der Waals surface area contributed by atoms with Crippen molar-refractivity contribution in [2.24, 2.45) is 0 Å². The van der Waals surface area contributed by atoms with Crippen molar-refractivity contribution in [2.45, 2.75) is 13.2 Å². The number of ether oxygens (including phenoxy) is 2. The van der Waals surface area contributed by atoms with E-state index in [-0.39, 0.29) is 5.82 Å². The van der Waals surface area contributed by atoms with Crippen molar-refractivity contribution in [2.75, 3.05) is 0 Å². The lowest BCUT2D eigenvalue weighted by Crippen LogP contribution is -1.98. The Morgan fingerprint density at radius 1 is 0.826 bits per heavy atom. The van der Waals surface area contributed by atoms with Gasteiger partial charge in [-0.25, -0.2) is 9.37 Å². The van der Waals surface area contributed by atoms with Gasteiger partial charge in [0, 0.05) is 11.8 Å². The first-order chi connectivity index (χ1) is 11.3. The molecule has 23 heavy (non-hydrogen) atoms. The van der Waals surface area contributed by atoms with E-state index in [4.69, 9.17) is 9.47 Å². The van der Waals surface area contributed by atoms with Gasteiger partial charge in [-0.2, -0.15) is 0 Å². The molecule has 1 heterocycles. The van der Waals surface area contributed by atoms with Gasteiger partial charge in [0.1, 0.15) is 11.6 Å². The minimum atomic E-state index is -0.301. The fourth-order valence-electron chi connectivity index (χ4n) is 2.09. The van der Waals surface area contributed by atoms with Crippen molar-refractivity contribution in [3.8, 4) is 11.6 Å². The first-order valence-electron chi connectivity index (χ1n) is 7.30. The van der Waals surface area contributed by atoms with Crippen molar-refractivity contribution in [1.29, 1.82) is 0 Å². The van der Waals surface area contributed by atoms with Gasteiger partial charge in [-0.15, -0.1) is 0 Å². The molecule has 0 spiro atoms. The maximum absolute atomic E-state index is 12.9. The van der Waals surface area contributed by atoms with Gasteiger partial charge in [0.15, 0.2) is 0 Å². The average molecular weight is 309 g/mol. The normalized spacial score (nSPS) is 10.5. The van der Waals surface area contributed by atoms with Crippen LogP contribution in [0.15, 0.2) is 72.9 Å².